The Morgan fingerprint density at radius 3 is 2.65 bits per heavy atom. The van der Waals surface area contributed by atoms with Crippen molar-refractivity contribution in [3.8, 4) is 0 Å². The van der Waals surface area contributed by atoms with Crippen LogP contribution in [0.1, 0.15) is 57.1 Å². The number of nitrogens with one attached hydrogen (secondary N) is 1. The first-order valence-electron chi connectivity index (χ1n) is 8.77. The van der Waals surface area contributed by atoms with Crippen LogP contribution in [0.5, 0.6) is 0 Å². The monoisotopic (exact) mass is 319 g/mol. The zero-order chi connectivity index (χ0) is 16.5. The average Bonchev–Trinajstić information content (AvgIpc) is 2.60. The molecule has 2 amide bonds. The van der Waals surface area contributed by atoms with Crippen LogP contribution in [0.2, 0.25) is 0 Å². The van der Waals surface area contributed by atoms with E-state index >= 15 is 0 Å². The third-order valence-corrected chi connectivity index (χ3v) is 4.74. The number of pyridine rings is 1. The lowest BCUT2D eigenvalue weighted by molar-refractivity contribution is 0.167. The number of nitrogens with zero attached hydrogens (tertiary/aromatic N) is 2. The highest BCUT2D eigenvalue weighted by Crippen LogP contribution is 2.26. The molecule has 5 nitrogen and oxygen atoms in total. The number of rotatable bonds is 7. The minimum atomic E-state index is -0.0980. The smallest absolute Gasteiger partial charge is 0.317 e. The van der Waals surface area contributed by atoms with Gasteiger partial charge in [-0.1, -0.05) is 32.1 Å². The molecule has 1 aromatic heterocycles. The van der Waals surface area contributed by atoms with Gasteiger partial charge in [-0.25, -0.2) is 4.79 Å². The lowest BCUT2D eigenvalue weighted by atomic mass is 9.87. The van der Waals surface area contributed by atoms with Crippen molar-refractivity contribution in [1.29, 1.82) is 0 Å². The molecule has 0 radical (unpaired) electrons. The summed E-state index contributed by atoms with van der Waals surface area (Å²) in [5.74, 6) is 0.732. The van der Waals surface area contributed by atoms with Crippen molar-refractivity contribution in [3.63, 3.8) is 0 Å². The zero-order valence-electron chi connectivity index (χ0n) is 14.1. The molecule has 1 unspecified atom stereocenters. The predicted octanol–water partition coefficient (Wildman–Crippen LogP) is 3.12. The lowest BCUT2D eigenvalue weighted by Crippen LogP contribution is -2.43. The molecule has 1 saturated carbocycles. The van der Waals surface area contributed by atoms with Crippen molar-refractivity contribution in [2.45, 2.75) is 51.5 Å². The molecule has 0 aromatic carbocycles. The molecule has 0 aliphatic heterocycles. The molecule has 0 spiro atoms. The summed E-state index contributed by atoms with van der Waals surface area (Å²) in [5.41, 5.74) is 1.03. The number of carbonyl (C=O) groups is 1. The number of carbonyl (C=O) groups excluding carboxylic acids is 1. The Bertz CT molecular complexity index is 461. The van der Waals surface area contributed by atoms with Gasteiger partial charge in [0.25, 0.3) is 0 Å². The molecule has 1 atom stereocenters. The van der Waals surface area contributed by atoms with Crippen LogP contribution in [0.15, 0.2) is 24.5 Å². The maximum atomic E-state index is 12.5. The second-order valence-electron chi connectivity index (χ2n) is 6.46. The van der Waals surface area contributed by atoms with Crippen LogP contribution in [0.25, 0.3) is 0 Å². The minimum Gasteiger partial charge on any atom is -0.395 e. The minimum absolute atomic E-state index is 0.00171. The Morgan fingerprint density at radius 2 is 2.00 bits per heavy atom. The summed E-state index contributed by atoms with van der Waals surface area (Å²) in [7, 11) is 0. The van der Waals surface area contributed by atoms with E-state index < -0.39 is 0 Å². The van der Waals surface area contributed by atoms with Gasteiger partial charge >= 0.3 is 6.03 Å². The molecule has 1 aromatic rings. The van der Waals surface area contributed by atoms with E-state index in [1.165, 1.54) is 32.1 Å². The van der Waals surface area contributed by atoms with Gasteiger partial charge in [0.2, 0.25) is 0 Å². The summed E-state index contributed by atoms with van der Waals surface area (Å²) in [4.78, 5) is 18.2. The molecule has 1 fully saturated rings. The van der Waals surface area contributed by atoms with Gasteiger partial charge in [0.15, 0.2) is 0 Å². The maximum absolute atomic E-state index is 12.5. The van der Waals surface area contributed by atoms with Crippen LogP contribution >= 0.6 is 0 Å². The highest BCUT2D eigenvalue weighted by molar-refractivity contribution is 5.74. The maximum Gasteiger partial charge on any atom is 0.317 e. The third kappa shape index (κ3) is 5.82. The topological polar surface area (TPSA) is 65.5 Å². The Hall–Kier alpha value is -1.62. The molecule has 1 heterocycles. The molecule has 0 bridgehead atoms. The molecule has 1 aliphatic carbocycles. The van der Waals surface area contributed by atoms with E-state index in [2.05, 4.69) is 10.3 Å². The predicted molar refractivity (Wildman–Crippen MR) is 91.0 cm³/mol. The third-order valence-electron chi connectivity index (χ3n) is 4.74. The summed E-state index contributed by atoms with van der Waals surface area (Å²) >= 11 is 0. The standard InChI is InChI=1S/C18H29N3O2/c1-15(17-7-10-19-11-8-17)20-18(23)21(13-14-22)12-9-16-5-3-2-4-6-16/h7-8,10-11,15-16,22H,2-6,9,12-14H2,1H3,(H,20,23). The summed E-state index contributed by atoms with van der Waals surface area (Å²) in [6, 6.07) is 3.65. The van der Waals surface area contributed by atoms with Gasteiger partial charge in [0, 0.05) is 25.5 Å². The van der Waals surface area contributed by atoms with Crippen molar-refractivity contribution >= 4 is 6.03 Å². The van der Waals surface area contributed by atoms with Crippen molar-refractivity contribution < 1.29 is 9.90 Å². The van der Waals surface area contributed by atoms with Crippen LogP contribution in [0, 0.1) is 5.92 Å². The van der Waals surface area contributed by atoms with Crippen molar-refractivity contribution in [1.82, 2.24) is 15.2 Å². The van der Waals surface area contributed by atoms with Gasteiger partial charge in [-0.3, -0.25) is 4.98 Å². The van der Waals surface area contributed by atoms with Gasteiger partial charge in [-0.05, 0) is 37.0 Å². The molecule has 2 N–H and O–H groups in total. The van der Waals surface area contributed by atoms with Gasteiger partial charge in [-0.15, -0.1) is 0 Å². The number of aliphatic hydroxyl groups is 1. The Balaban J connectivity index is 1.84. The van der Waals surface area contributed by atoms with E-state index in [0.717, 1.165) is 24.4 Å². The second kappa shape index (κ2) is 9.50. The lowest BCUT2D eigenvalue weighted by Gasteiger charge is -2.28. The molecule has 1 aliphatic rings. The fraction of sp³-hybridized carbons (Fsp3) is 0.667. The van der Waals surface area contributed by atoms with E-state index in [4.69, 9.17) is 0 Å². The highest BCUT2D eigenvalue weighted by atomic mass is 16.3. The Morgan fingerprint density at radius 1 is 1.30 bits per heavy atom. The molecular formula is C18H29N3O2. The first kappa shape index (κ1) is 17.7. The zero-order valence-corrected chi connectivity index (χ0v) is 14.1. The van der Waals surface area contributed by atoms with Crippen LogP contribution in [0.4, 0.5) is 4.79 Å². The number of hydrogen-bond acceptors (Lipinski definition) is 3. The molecule has 0 saturated heterocycles. The largest absolute Gasteiger partial charge is 0.395 e. The van der Waals surface area contributed by atoms with Crippen molar-refractivity contribution in [2.75, 3.05) is 19.7 Å². The van der Waals surface area contributed by atoms with Gasteiger partial charge in [0.05, 0.1) is 12.6 Å². The normalized spacial score (nSPS) is 16.8. The number of aliphatic hydroxyl groups excluding tert-OH is 1. The first-order chi connectivity index (χ1) is 11.2. The Kier molecular flexibility index (Phi) is 7.33. The molecule has 23 heavy (non-hydrogen) atoms. The van der Waals surface area contributed by atoms with E-state index in [1.54, 1.807) is 17.3 Å². The molecule has 2 rings (SSSR count). The van der Waals surface area contributed by atoms with E-state index in [1.807, 2.05) is 19.1 Å². The van der Waals surface area contributed by atoms with Gasteiger partial charge in [0.1, 0.15) is 0 Å². The summed E-state index contributed by atoms with van der Waals surface area (Å²) < 4.78 is 0. The second-order valence-corrected chi connectivity index (χ2v) is 6.46. The van der Waals surface area contributed by atoms with Crippen LogP contribution < -0.4 is 5.32 Å². The molecule has 128 valence electrons. The van der Waals surface area contributed by atoms with Crippen LogP contribution in [-0.2, 0) is 0 Å². The van der Waals surface area contributed by atoms with Gasteiger partial charge in [-0.2, -0.15) is 0 Å². The molecule has 5 heteroatoms. The number of aromatic nitrogens is 1. The number of urea groups is 1. The number of amides is 2. The van der Waals surface area contributed by atoms with Crippen molar-refractivity contribution in [2.24, 2.45) is 5.92 Å². The van der Waals surface area contributed by atoms with Crippen molar-refractivity contribution in [3.05, 3.63) is 30.1 Å². The van der Waals surface area contributed by atoms with E-state index in [-0.39, 0.29) is 18.7 Å². The quantitative estimate of drug-likeness (QED) is 0.811. The van der Waals surface area contributed by atoms with Crippen LogP contribution in [-0.4, -0.2) is 40.7 Å². The van der Waals surface area contributed by atoms with E-state index in [0.29, 0.717) is 6.54 Å². The Labute approximate surface area is 139 Å². The van der Waals surface area contributed by atoms with E-state index in [9.17, 15) is 9.90 Å². The number of hydrogen-bond donors (Lipinski definition) is 2. The summed E-state index contributed by atoms with van der Waals surface area (Å²) in [6.07, 6.45) is 11.0. The summed E-state index contributed by atoms with van der Waals surface area (Å²) in [6.45, 7) is 3.08. The fourth-order valence-electron chi connectivity index (χ4n) is 3.26. The highest BCUT2D eigenvalue weighted by Gasteiger charge is 2.19. The van der Waals surface area contributed by atoms with Gasteiger partial charge < -0.3 is 15.3 Å². The SMILES string of the molecule is CC(NC(=O)N(CCO)CCC1CCCCC1)c1ccncc1. The first-order valence-corrected chi connectivity index (χ1v) is 8.77. The fourth-order valence-corrected chi connectivity index (χ4v) is 3.26. The molecular weight excluding hydrogens is 290 g/mol. The van der Waals surface area contributed by atoms with Crippen LogP contribution in [0.3, 0.4) is 0 Å². The average molecular weight is 319 g/mol. The summed E-state index contributed by atoms with van der Waals surface area (Å²) in [5, 5.41) is 12.3.